The first-order chi connectivity index (χ1) is 17.0. The molecule has 1 fully saturated rings. The zero-order chi connectivity index (χ0) is 24.4. The molecule has 2 heterocycles. The van der Waals surface area contributed by atoms with Gasteiger partial charge in [0.2, 0.25) is 0 Å². The van der Waals surface area contributed by atoms with Crippen molar-refractivity contribution in [1.82, 2.24) is 14.7 Å². The van der Waals surface area contributed by atoms with Gasteiger partial charge >= 0.3 is 0 Å². The molecule has 6 nitrogen and oxygen atoms in total. The van der Waals surface area contributed by atoms with E-state index in [0.717, 1.165) is 5.69 Å². The van der Waals surface area contributed by atoms with Crippen LogP contribution in [0, 0.1) is 5.82 Å². The molecule has 1 aliphatic heterocycles. The Kier molecular flexibility index (Phi) is 6.42. The fraction of sp³-hybridized carbons (Fsp3) is 0.185. The summed E-state index contributed by atoms with van der Waals surface area (Å²) in [6.07, 6.45) is 0. The first kappa shape index (κ1) is 22.9. The quantitative estimate of drug-likeness (QED) is 0.381. The van der Waals surface area contributed by atoms with Gasteiger partial charge in [-0.15, -0.1) is 0 Å². The number of rotatable bonds is 5. The Bertz CT molecular complexity index is 1350. The summed E-state index contributed by atoms with van der Waals surface area (Å²) in [6.45, 7) is 2.47. The third-order valence-corrected chi connectivity index (χ3v) is 6.37. The number of anilines is 1. The lowest BCUT2D eigenvalue weighted by molar-refractivity contribution is 0.0737. The Hall–Kier alpha value is -3.84. The number of hydrogen-bond donors (Lipinski definition) is 0. The maximum Gasteiger partial charge on any atom is 0.272 e. The summed E-state index contributed by atoms with van der Waals surface area (Å²) in [4.78, 5) is 17.7. The van der Waals surface area contributed by atoms with Gasteiger partial charge in [-0.3, -0.25) is 4.79 Å². The zero-order valence-corrected chi connectivity index (χ0v) is 20.0. The van der Waals surface area contributed by atoms with Gasteiger partial charge in [0.15, 0.2) is 0 Å². The molecule has 0 unspecified atom stereocenters. The van der Waals surface area contributed by atoms with Crippen LogP contribution in [0.25, 0.3) is 16.9 Å². The molecule has 0 spiro atoms. The molecule has 0 bridgehead atoms. The summed E-state index contributed by atoms with van der Waals surface area (Å²) in [5.74, 6) is 0.155. The minimum Gasteiger partial charge on any atom is -0.497 e. The SMILES string of the molecule is COc1ccc(-n2nc(-c3ccccc3F)cc2C(=O)N2CCN(c3cccc(Cl)c3)CC2)cc1. The van der Waals surface area contributed by atoms with Gasteiger partial charge in [0.1, 0.15) is 17.3 Å². The highest BCUT2D eigenvalue weighted by atomic mass is 35.5. The monoisotopic (exact) mass is 490 g/mol. The average Bonchev–Trinajstić information content (AvgIpc) is 3.34. The molecule has 3 aromatic carbocycles. The van der Waals surface area contributed by atoms with Crippen molar-refractivity contribution in [2.24, 2.45) is 0 Å². The van der Waals surface area contributed by atoms with E-state index in [9.17, 15) is 9.18 Å². The molecular weight excluding hydrogens is 467 g/mol. The van der Waals surface area contributed by atoms with Crippen molar-refractivity contribution in [3.05, 3.63) is 95.4 Å². The highest BCUT2D eigenvalue weighted by Crippen LogP contribution is 2.27. The summed E-state index contributed by atoms with van der Waals surface area (Å²) >= 11 is 6.15. The second-order valence-corrected chi connectivity index (χ2v) is 8.70. The van der Waals surface area contributed by atoms with Gasteiger partial charge in [0.05, 0.1) is 18.5 Å². The van der Waals surface area contributed by atoms with Crippen LogP contribution in [0.4, 0.5) is 10.1 Å². The van der Waals surface area contributed by atoms with Crippen molar-refractivity contribution in [1.29, 1.82) is 0 Å². The molecule has 1 aliphatic rings. The van der Waals surface area contributed by atoms with Gasteiger partial charge in [-0.2, -0.15) is 5.10 Å². The number of nitrogens with zero attached hydrogens (tertiary/aromatic N) is 4. The van der Waals surface area contributed by atoms with E-state index in [0.29, 0.717) is 59.6 Å². The van der Waals surface area contributed by atoms with Crippen LogP contribution in [0.15, 0.2) is 78.9 Å². The van der Waals surface area contributed by atoms with E-state index in [1.807, 2.05) is 41.3 Å². The maximum atomic E-state index is 14.5. The van der Waals surface area contributed by atoms with E-state index in [1.165, 1.54) is 6.07 Å². The smallest absolute Gasteiger partial charge is 0.272 e. The number of carbonyl (C=O) groups is 1. The van der Waals surface area contributed by atoms with Crippen molar-refractivity contribution in [3.63, 3.8) is 0 Å². The predicted octanol–water partition coefficient (Wildman–Crippen LogP) is 5.30. The molecule has 4 aromatic rings. The van der Waals surface area contributed by atoms with Crippen molar-refractivity contribution >= 4 is 23.2 Å². The lowest BCUT2D eigenvalue weighted by Crippen LogP contribution is -2.49. The van der Waals surface area contributed by atoms with Gasteiger partial charge in [0, 0.05) is 42.5 Å². The van der Waals surface area contributed by atoms with Crippen LogP contribution in [-0.4, -0.2) is 53.9 Å². The normalized spacial score (nSPS) is 13.7. The van der Waals surface area contributed by atoms with Crippen LogP contribution in [0.5, 0.6) is 5.75 Å². The van der Waals surface area contributed by atoms with Gasteiger partial charge < -0.3 is 14.5 Å². The largest absolute Gasteiger partial charge is 0.497 e. The number of ether oxygens (including phenoxy) is 1. The van der Waals surface area contributed by atoms with Crippen LogP contribution in [0.1, 0.15) is 10.5 Å². The third kappa shape index (κ3) is 4.72. The molecule has 1 amide bonds. The standard InChI is InChI=1S/C27H24ClFN4O2/c1-35-22-11-9-20(10-12-22)33-26(18-25(30-33)23-7-2-3-8-24(23)29)27(34)32-15-13-31(14-16-32)21-6-4-5-19(28)17-21/h2-12,17-18H,13-16H2,1H3. The maximum absolute atomic E-state index is 14.5. The Morgan fingerprint density at radius 2 is 1.66 bits per heavy atom. The number of piperazine rings is 1. The lowest BCUT2D eigenvalue weighted by Gasteiger charge is -2.36. The molecule has 1 saturated heterocycles. The van der Waals surface area contributed by atoms with Gasteiger partial charge in [0.25, 0.3) is 5.91 Å². The average molecular weight is 491 g/mol. The number of carbonyl (C=O) groups excluding carboxylic acids is 1. The second kappa shape index (κ2) is 9.80. The summed E-state index contributed by atoms with van der Waals surface area (Å²) in [5.41, 5.74) is 2.85. The van der Waals surface area contributed by atoms with E-state index in [-0.39, 0.29) is 11.7 Å². The fourth-order valence-corrected chi connectivity index (χ4v) is 4.44. The zero-order valence-electron chi connectivity index (χ0n) is 19.2. The molecule has 8 heteroatoms. The first-order valence-electron chi connectivity index (χ1n) is 11.3. The summed E-state index contributed by atoms with van der Waals surface area (Å²) < 4.78 is 21.4. The lowest BCUT2D eigenvalue weighted by atomic mass is 10.1. The van der Waals surface area contributed by atoms with Crippen molar-refractivity contribution in [2.45, 2.75) is 0 Å². The molecule has 5 rings (SSSR count). The van der Waals surface area contributed by atoms with Crippen LogP contribution < -0.4 is 9.64 Å². The van der Waals surface area contributed by atoms with E-state index < -0.39 is 0 Å². The molecule has 0 N–H and O–H groups in total. The fourth-order valence-electron chi connectivity index (χ4n) is 4.26. The van der Waals surface area contributed by atoms with Crippen molar-refractivity contribution in [2.75, 3.05) is 38.2 Å². The molecule has 35 heavy (non-hydrogen) atoms. The molecule has 0 radical (unpaired) electrons. The van der Waals surface area contributed by atoms with E-state index in [4.69, 9.17) is 16.3 Å². The number of amides is 1. The molecule has 0 aliphatic carbocycles. The second-order valence-electron chi connectivity index (χ2n) is 8.26. The van der Waals surface area contributed by atoms with Crippen LogP contribution >= 0.6 is 11.6 Å². The minimum absolute atomic E-state index is 0.151. The third-order valence-electron chi connectivity index (χ3n) is 6.14. The Morgan fingerprint density at radius 3 is 2.34 bits per heavy atom. The molecule has 0 atom stereocenters. The number of halogens is 2. The summed E-state index contributed by atoms with van der Waals surface area (Å²) in [6, 6.07) is 23.1. The minimum atomic E-state index is -0.388. The highest BCUT2D eigenvalue weighted by Gasteiger charge is 2.27. The number of methoxy groups -OCH3 is 1. The number of aromatic nitrogens is 2. The topological polar surface area (TPSA) is 50.6 Å². The first-order valence-corrected chi connectivity index (χ1v) is 11.7. The summed E-state index contributed by atoms with van der Waals surface area (Å²) in [5, 5.41) is 5.30. The van der Waals surface area contributed by atoms with Gasteiger partial charge in [-0.05, 0) is 60.7 Å². The predicted molar refractivity (Wildman–Crippen MR) is 135 cm³/mol. The molecule has 0 saturated carbocycles. The Morgan fingerprint density at radius 1 is 0.914 bits per heavy atom. The molecular formula is C27H24ClFN4O2. The Labute approximate surface area is 208 Å². The number of benzene rings is 3. The van der Waals surface area contributed by atoms with Gasteiger partial charge in [-0.25, -0.2) is 9.07 Å². The van der Waals surface area contributed by atoms with E-state index >= 15 is 0 Å². The molecule has 1 aromatic heterocycles. The van der Waals surface area contributed by atoms with Crippen molar-refractivity contribution in [3.8, 4) is 22.7 Å². The molecule has 178 valence electrons. The van der Waals surface area contributed by atoms with Crippen LogP contribution in [0.2, 0.25) is 5.02 Å². The van der Waals surface area contributed by atoms with Crippen LogP contribution in [0.3, 0.4) is 0 Å². The summed E-state index contributed by atoms with van der Waals surface area (Å²) in [7, 11) is 1.59. The van der Waals surface area contributed by atoms with Gasteiger partial charge in [-0.1, -0.05) is 29.8 Å². The van der Waals surface area contributed by atoms with E-state index in [2.05, 4.69) is 10.00 Å². The highest BCUT2D eigenvalue weighted by molar-refractivity contribution is 6.30. The number of hydrogen-bond acceptors (Lipinski definition) is 4. The van der Waals surface area contributed by atoms with Crippen LogP contribution in [-0.2, 0) is 0 Å². The van der Waals surface area contributed by atoms with Crippen molar-refractivity contribution < 1.29 is 13.9 Å². The Balaban J connectivity index is 1.44. The van der Waals surface area contributed by atoms with E-state index in [1.54, 1.807) is 48.2 Å².